The van der Waals surface area contributed by atoms with Crippen LogP contribution in [0.2, 0.25) is 0 Å². The maximum Gasteiger partial charge on any atom is 0.499 e. The Bertz CT molecular complexity index is 275. The molecular weight excluding hydrogens is 185 g/mol. The maximum absolute atomic E-state index is 8.91. The second-order valence-electron chi connectivity index (χ2n) is 3.25. The smallest absolute Gasteiger partial charge is 0.423 e. The Morgan fingerprint density at radius 2 is 2.00 bits per heavy atom. The third-order valence-electron chi connectivity index (χ3n) is 2.09. The van der Waals surface area contributed by atoms with Gasteiger partial charge in [-0.3, -0.25) is 0 Å². The summed E-state index contributed by atoms with van der Waals surface area (Å²) in [5.41, 5.74) is 0. The van der Waals surface area contributed by atoms with E-state index in [0.717, 1.165) is 4.88 Å². The van der Waals surface area contributed by atoms with Crippen molar-refractivity contribution in [2.75, 3.05) is 14.1 Å². The first-order chi connectivity index (χ1) is 6.02. The molecule has 0 radical (unpaired) electrons. The molecule has 1 rings (SSSR count). The van der Waals surface area contributed by atoms with E-state index >= 15 is 0 Å². The summed E-state index contributed by atoms with van der Waals surface area (Å²) in [7, 11) is 2.66. The average molecular weight is 199 g/mol. The molecule has 1 heterocycles. The summed E-state index contributed by atoms with van der Waals surface area (Å²) in [4.78, 5) is 3.23. The molecule has 3 nitrogen and oxygen atoms in total. The fraction of sp³-hybridized carbons (Fsp3) is 0.500. The topological polar surface area (TPSA) is 43.7 Å². The van der Waals surface area contributed by atoms with Crippen molar-refractivity contribution in [1.82, 2.24) is 4.90 Å². The van der Waals surface area contributed by atoms with Gasteiger partial charge < -0.3 is 14.9 Å². The van der Waals surface area contributed by atoms with Crippen molar-refractivity contribution in [1.29, 1.82) is 0 Å². The Kier molecular flexibility index (Phi) is 3.50. The normalized spacial score (nSPS) is 13.4. The standard InChI is InChI=1S/C8H14BNO2S/c1-6(10(2)3)7-4-5-8(13-7)9(11)12/h4-6,11-12H,1-3H3/t6-/m1/s1. The molecule has 0 aliphatic heterocycles. The lowest BCUT2D eigenvalue weighted by Gasteiger charge is -2.17. The summed E-state index contributed by atoms with van der Waals surface area (Å²) in [6.07, 6.45) is 0. The Balaban J connectivity index is 2.79. The molecular formula is C8H14BNO2S. The Labute approximate surface area is 82.8 Å². The van der Waals surface area contributed by atoms with Crippen molar-refractivity contribution in [2.24, 2.45) is 0 Å². The zero-order valence-electron chi connectivity index (χ0n) is 8.06. The van der Waals surface area contributed by atoms with Crippen LogP contribution in [0.25, 0.3) is 0 Å². The summed E-state index contributed by atoms with van der Waals surface area (Å²) >= 11 is 1.44. The van der Waals surface area contributed by atoms with Crippen LogP contribution in [-0.2, 0) is 0 Å². The SMILES string of the molecule is C[C@H](c1ccc(B(O)O)s1)N(C)C. The summed E-state index contributed by atoms with van der Waals surface area (Å²) in [6.45, 7) is 2.08. The Hall–Kier alpha value is -0.355. The van der Waals surface area contributed by atoms with Crippen LogP contribution in [0, 0.1) is 0 Å². The molecule has 1 atom stereocenters. The van der Waals surface area contributed by atoms with E-state index in [1.807, 2.05) is 20.2 Å². The highest BCUT2D eigenvalue weighted by Gasteiger charge is 2.16. The minimum atomic E-state index is -1.34. The van der Waals surface area contributed by atoms with Crippen LogP contribution in [0.4, 0.5) is 0 Å². The summed E-state index contributed by atoms with van der Waals surface area (Å²) in [5, 5.41) is 17.8. The molecule has 0 saturated heterocycles. The quantitative estimate of drug-likeness (QED) is 0.676. The van der Waals surface area contributed by atoms with Gasteiger partial charge in [-0.2, -0.15) is 0 Å². The van der Waals surface area contributed by atoms with Gasteiger partial charge in [0.05, 0.1) is 0 Å². The molecule has 0 unspecified atom stereocenters. The molecule has 0 bridgehead atoms. The molecule has 1 aromatic heterocycles. The molecule has 0 spiro atoms. The molecule has 72 valence electrons. The third-order valence-corrected chi connectivity index (χ3v) is 3.38. The molecule has 0 saturated carbocycles. The van der Waals surface area contributed by atoms with Gasteiger partial charge in [-0.15, -0.1) is 11.3 Å². The van der Waals surface area contributed by atoms with Gasteiger partial charge in [0.15, 0.2) is 0 Å². The average Bonchev–Trinajstić information content (AvgIpc) is 2.50. The summed E-state index contributed by atoms with van der Waals surface area (Å²) in [6, 6.07) is 4.01. The maximum atomic E-state index is 8.91. The third kappa shape index (κ3) is 2.54. The van der Waals surface area contributed by atoms with Crippen molar-refractivity contribution >= 4 is 23.2 Å². The van der Waals surface area contributed by atoms with E-state index in [4.69, 9.17) is 10.0 Å². The van der Waals surface area contributed by atoms with Gasteiger partial charge in [-0.1, -0.05) is 6.07 Å². The first-order valence-electron chi connectivity index (χ1n) is 4.14. The highest BCUT2D eigenvalue weighted by Crippen LogP contribution is 2.20. The number of rotatable bonds is 3. The van der Waals surface area contributed by atoms with Gasteiger partial charge in [-0.05, 0) is 27.1 Å². The lowest BCUT2D eigenvalue weighted by molar-refractivity contribution is 0.325. The molecule has 2 N–H and O–H groups in total. The predicted octanol–water partition coefficient (Wildman–Crippen LogP) is 0.0505. The molecule has 1 aromatic rings. The van der Waals surface area contributed by atoms with Crippen LogP contribution in [0.1, 0.15) is 17.8 Å². The first kappa shape index (κ1) is 10.7. The Morgan fingerprint density at radius 3 is 2.38 bits per heavy atom. The predicted molar refractivity (Wildman–Crippen MR) is 56.2 cm³/mol. The van der Waals surface area contributed by atoms with Gasteiger partial charge in [0.1, 0.15) is 0 Å². The molecule has 0 aliphatic carbocycles. The number of hydrogen-bond donors (Lipinski definition) is 2. The van der Waals surface area contributed by atoms with Crippen molar-refractivity contribution in [3.63, 3.8) is 0 Å². The largest absolute Gasteiger partial charge is 0.499 e. The second-order valence-corrected chi connectivity index (χ2v) is 4.40. The summed E-state index contributed by atoms with van der Waals surface area (Å²) in [5.74, 6) is 0. The van der Waals surface area contributed by atoms with Crippen LogP contribution in [0.3, 0.4) is 0 Å². The van der Waals surface area contributed by atoms with Crippen molar-refractivity contribution < 1.29 is 10.0 Å². The monoisotopic (exact) mass is 199 g/mol. The van der Waals surface area contributed by atoms with E-state index < -0.39 is 7.12 Å². The first-order valence-corrected chi connectivity index (χ1v) is 4.96. The summed E-state index contributed by atoms with van der Waals surface area (Å²) < 4.78 is 0.601. The minimum Gasteiger partial charge on any atom is -0.423 e. The van der Waals surface area contributed by atoms with Crippen LogP contribution >= 0.6 is 11.3 Å². The van der Waals surface area contributed by atoms with Gasteiger partial charge in [0.25, 0.3) is 0 Å². The minimum absolute atomic E-state index is 0.317. The molecule has 0 amide bonds. The van der Waals surface area contributed by atoms with Crippen LogP contribution in [-0.4, -0.2) is 36.2 Å². The molecule has 0 aromatic carbocycles. The fourth-order valence-corrected chi connectivity index (χ4v) is 2.02. The van der Waals surface area contributed by atoms with Gasteiger partial charge in [0, 0.05) is 15.7 Å². The second kappa shape index (κ2) is 4.24. The zero-order valence-corrected chi connectivity index (χ0v) is 8.88. The Morgan fingerprint density at radius 1 is 1.38 bits per heavy atom. The van der Waals surface area contributed by atoms with Gasteiger partial charge >= 0.3 is 7.12 Å². The highest BCUT2D eigenvalue weighted by atomic mass is 32.1. The number of nitrogens with zero attached hydrogens (tertiary/aromatic N) is 1. The van der Waals surface area contributed by atoms with Crippen molar-refractivity contribution in [2.45, 2.75) is 13.0 Å². The molecule has 0 aliphatic rings. The highest BCUT2D eigenvalue weighted by molar-refractivity contribution is 7.22. The van der Waals surface area contributed by atoms with Crippen LogP contribution < -0.4 is 4.78 Å². The number of thiophene rings is 1. The van der Waals surface area contributed by atoms with E-state index in [-0.39, 0.29) is 0 Å². The van der Waals surface area contributed by atoms with Gasteiger partial charge in [-0.25, -0.2) is 0 Å². The van der Waals surface area contributed by atoms with Crippen LogP contribution in [0.5, 0.6) is 0 Å². The fourth-order valence-electron chi connectivity index (χ4n) is 0.986. The molecule has 5 heteroatoms. The van der Waals surface area contributed by atoms with E-state index in [9.17, 15) is 0 Å². The van der Waals surface area contributed by atoms with Crippen molar-refractivity contribution in [3.05, 3.63) is 17.0 Å². The molecule has 0 fully saturated rings. The van der Waals surface area contributed by atoms with Crippen molar-refractivity contribution in [3.8, 4) is 0 Å². The van der Waals surface area contributed by atoms with E-state index in [2.05, 4.69) is 11.8 Å². The number of hydrogen-bond acceptors (Lipinski definition) is 4. The molecule has 13 heavy (non-hydrogen) atoms. The van der Waals surface area contributed by atoms with E-state index in [1.165, 1.54) is 11.3 Å². The lowest BCUT2D eigenvalue weighted by Crippen LogP contribution is -2.26. The van der Waals surface area contributed by atoms with Gasteiger partial charge in [0.2, 0.25) is 0 Å². The van der Waals surface area contributed by atoms with E-state index in [1.54, 1.807) is 6.07 Å². The lowest BCUT2D eigenvalue weighted by atomic mass is 9.90. The van der Waals surface area contributed by atoms with E-state index in [0.29, 0.717) is 10.8 Å². The van der Waals surface area contributed by atoms with Crippen LogP contribution in [0.15, 0.2) is 12.1 Å². The zero-order chi connectivity index (χ0) is 10.0.